The SMILES string of the molecule is C=C(/N=C(\C=C/C)c1ccn(C(CO)c2ccc(Cl)c(F)c2)c(=O)c1)Nc1ccnc(OC)c1. The van der Waals surface area contributed by atoms with Crippen molar-refractivity contribution in [3.63, 3.8) is 0 Å². The summed E-state index contributed by atoms with van der Waals surface area (Å²) in [5.74, 6) is 0.163. The number of benzene rings is 1. The smallest absolute Gasteiger partial charge is 0.251 e. The Morgan fingerprint density at radius 3 is 2.79 bits per heavy atom. The van der Waals surface area contributed by atoms with E-state index in [2.05, 4.69) is 21.9 Å². The van der Waals surface area contributed by atoms with E-state index in [9.17, 15) is 14.3 Å². The average Bonchev–Trinajstić information content (AvgIpc) is 2.82. The molecule has 1 unspecified atom stereocenters. The Kier molecular flexibility index (Phi) is 8.34. The highest BCUT2D eigenvalue weighted by Crippen LogP contribution is 2.22. The number of aromatic nitrogens is 2. The molecule has 0 saturated carbocycles. The predicted octanol–water partition coefficient (Wildman–Crippen LogP) is 4.57. The lowest BCUT2D eigenvalue weighted by Crippen LogP contribution is -2.27. The van der Waals surface area contributed by atoms with Gasteiger partial charge in [0.1, 0.15) is 11.6 Å². The van der Waals surface area contributed by atoms with Crippen molar-refractivity contribution in [2.45, 2.75) is 13.0 Å². The highest BCUT2D eigenvalue weighted by Gasteiger charge is 2.16. The minimum Gasteiger partial charge on any atom is -0.481 e. The molecule has 0 aliphatic heterocycles. The number of allylic oxidation sites excluding steroid dienone is 2. The third kappa shape index (κ3) is 5.98. The lowest BCUT2D eigenvalue weighted by Gasteiger charge is -2.19. The van der Waals surface area contributed by atoms with Crippen molar-refractivity contribution in [2.75, 3.05) is 19.0 Å². The number of ether oxygens (including phenoxy) is 1. The van der Waals surface area contributed by atoms with Gasteiger partial charge in [-0.3, -0.25) is 4.79 Å². The molecule has 0 amide bonds. The molecule has 176 valence electrons. The molecule has 1 aromatic carbocycles. The zero-order chi connectivity index (χ0) is 24.7. The topological polar surface area (TPSA) is 88.7 Å². The normalized spacial score (nSPS) is 12.6. The van der Waals surface area contributed by atoms with Crippen molar-refractivity contribution in [3.8, 4) is 5.88 Å². The molecule has 0 radical (unpaired) electrons. The second-order valence-electron chi connectivity index (χ2n) is 7.19. The summed E-state index contributed by atoms with van der Waals surface area (Å²) in [4.78, 5) is 21.5. The van der Waals surface area contributed by atoms with E-state index in [1.807, 2.05) is 6.92 Å². The average molecular weight is 483 g/mol. The van der Waals surface area contributed by atoms with Crippen molar-refractivity contribution in [2.24, 2.45) is 4.99 Å². The van der Waals surface area contributed by atoms with Crippen LogP contribution in [0.25, 0.3) is 0 Å². The van der Waals surface area contributed by atoms with Crippen LogP contribution in [0.5, 0.6) is 5.88 Å². The van der Waals surface area contributed by atoms with Crippen LogP contribution in [-0.4, -0.2) is 34.1 Å². The summed E-state index contributed by atoms with van der Waals surface area (Å²) in [5, 5.41) is 12.9. The molecule has 3 aromatic rings. The molecule has 34 heavy (non-hydrogen) atoms. The number of aliphatic hydroxyl groups is 1. The fraction of sp³-hybridized carbons (Fsp3) is 0.160. The Hall–Kier alpha value is -3.75. The summed E-state index contributed by atoms with van der Waals surface area (Å²) in [5.41, 5.74) is 1.78. The first kappa shape index (κ1) is 24.9. The number of halogens is 2. The van der Waals surface area contributed by atoms with E-state index < -0.39 is 18.5 Å². The van der Waals surface area contributed by atoms with Gasteiger partial charge in [-0.25, -0.2) is 14.4 Å². The van der Waals surface area contributed by atoms with Crippen molar-refractivity contribution in [1.29, 1.82) is 0 Å². The van der Waals surface area contributed by atoms with Gasteiger partial charge in [-0.1, -0.05) is 30.3 Å². The summed E-state index contributed by atoms with van der Waals surface area (Å²) < 4.78 is 20.4. The second-order valence-corrected chi connectivity index (χ2v) is 7.60. The summed E-state index contributed by atoms with van der Waals surface area (Å²) in [6.45, 7) is 5.37. The molecule has 9 heteroatoms. The number of hydrogen-bond donors (Lipinski definition) is 2. The Labute approximate surface area is 201 Å². The fourth-order valence-corrected chi connectivity index (χ4v) is 3.39. The molecular formula is C25H24ClFN4O3. The lowest BCUT2D eigenvalue weighted by molar-refractivity contribution is 0.246. The molecular weight excluding hydrogens is 459 g/mol. The highest BCUT2D eigenvalue weighted by atomic mass is 35.5. The van der Waals surface area contributed by atoms with Crippen LogP contribution in [0.15, 0.2) is 89.2 Å². The van der Waals surface area contributed by atoms with Gasteiger partial charge in [0.15, 0.2) is 0 Å². The number of nitrogens with zero attached hydrogens (tertiary/aromatic N) is 3. The molecule has 0 aliphatic carbocycles. The molecule has 0 spiro atoms. The second kappa shape index (κ2) is 11.4. The molecule has 2 aromatic heterocycles. The molecule has 0 aliphatic rings. The van der Waals surface area contributed by atoms with Gasteiger partial charge in [0.25, 0.3) is 5.56 Å². The van der Waals surface area contributed by atoms with Gasteiger partial charge in [0.2, 0.25) is 5.88 Å². The maximum atomic E-state index is 13.9. The Balaban J connectivity index is 1.90. The summed E-state index contributed by atoms with van der Waals surface area (Å²) >= 11 is 5.75. The van der Waals surface area contributed by atoms with Crippen LogP contribution in [0.3, 0.4) is 0 Å². The van der Waals surface area contributed by atoms with E-state index in [1.165, 1.54) is 36.1 Å². The number of aliphatic imine (C=N–C) groups is 1. The van der Waals surface area contributed by atoms with Gasteiger partial charge in [-0.05, 0) is 42.8 Å². The van der Waals surface area contributed by atoms with E-state index in [0.717, 1.165) is 0 Å². The van der Waals surface area contributed by atoms with Crippen LogP contribution in [0.2, 0.25) is 5.02 Å². The van der Waals surface area contributed by atoms with Gasteiger partial charge in [-0.2, -0.15) is 0 Å². The van der Waals surface area contributed by atoms with Crippen molar-refractivity contribution < 1.29 is 14.2 Å². The third-order valence-corrected chi connectivity index (χ3v) is 5.20. The summed E-state index contributed by atoms with van der Waals surface area (Å²) in [6, 6.07) is 9.94. The van der Waals surface area contributed by atoms with Crippen molar-refractivity contribution >= 4 is 23.0 Å². The number of aliphatic hydroxyl groups excluding tert-OH is 1. The molecule has 0 fully saturated rings. The predicted molar refractivity (Wildman–Crippen MR) is 132 cm³/mol. The minimum atomic E-state index is -0.770. The summed E-state index contributed by atoms with van der Waals surface area (Å²) in [7, 11) is 1.52. The van der Waals surface area contributed by atoms with Crippen LogP contribution in [0, 0.1) is 5.82 Å². The zero-order valence-corrected chi connectivity index (χ0v) is 19.5. The Morgan fingerprint density at radius 1 is 1.35 bits per heavy atom. The molecule has 0 bridgehead atoms. The summed E-state index contributed by atoms with van der Waals surface area (Å²) in [6.07, 6.45) is 6.67. The van der Waals surface area contributed by atoms with Gasteiger partial charge in [0.05, 0.1) is 30.5 Å². The third-order valence-electron chi connectivity index (χ3n) is 4.89. The lowest BCUT2D eigenvalue weighted by atomic mass is 10.1. The fourth-order valence-electron chi connectivity index (χ4n) is 3.27. The first-order chi connectivity index (χ1) is 16.4. The molecule has 3 rings (SSSR count). The largest absolute Gasteiger partial charge is 0.481 e. The minimum absolute atomic E-state index is 0.0330. The first-order valence-electron chi connectivity index (χ1n) is 10.3. The van der Waals surface area contributed by atoms with Crippen LogP contribution in [0.4, 0.5) is 10.1 Å². The van der Waals surface area contributed by atoms with Crippen molar-refractivity contribution in [3.05, 3.63) is 112 Å². The van der Waals surface area contributed by atoms with Crippen LogP contribution in [0.1, 0.15) is 24.1 Å². The van der Waals surface area contributed by atoms with Crippen molar-refractivity contribution in [1.82, 2.24) is 9.55 Å². The first-order valence-corrected chi connectivity index (χ1v) is 10.7. The Morgan fingerprint density at radius 2 is 2.15 bits per heavy atom. The monoisotopic (exact) mass is 482 g/mol. The number of pyridine rings is 2. The van der Waals surface area contributed by atoms with Crippen LogP contribution >= 0.6 is 11.6 Å². The number of hydrogen-bond acceptors (Lipinski definition) is 6. The number of methoxy groups -OCH3 is 1. The quantitative estimate of drug-likeness (QED) is 0.436. The maximum absolute atomic E-state index is 13.9. The molecule has 1 atom stereocenters. The van der Waals surface area contributed by atoms with Gasteiger partial charge < -0.3 is 19.7 Å². The van der Waals surface area contributed by atoms with E-state index >= 15 is 0 Å². The van der Waals surface area contributed by atoms with Crippen LogP contribution < -0.4 is 15.6 Å². The number of rotatable bonds is 9. The highest BCUT2D eigenvalue weighted by molar-refractivity contribution is 6.30. The molecule has 2 N–H and O–H groups in total. The van der Waals surface area contributed by atoms with E-state index in [4.69, 9.17) is 16.3 Å². The van der Waals surface area contributed by atoms with Gasteiger partial charge in [0, 0.05) is 35.8 Å². The number of anilines is 1. The standard InChI is InChI=1S/C25H24ClFN4O3/c1-4-5-22(30-16(2)29-19-8-10-28-24(14-19)34-3)17-9-11-31(25(33)13-17)23(15-32)18-6-7-20(26)21(27)12-18/h4-14,23,32H,2,15H2,1,3H3,(H,28,29)/b5-4-,30-22+. The number of nitrogens with one attached hydrogen (secondary N) is 1. The van der Waals surface area contributed by atoms with Gasteiger partial charge >= 0.3 is 0 Å². The van der Waals surface area contributed by atoms with Gasteiger partial charge in [-0.15, -0.1) is 0 Å². The Bertz CT molecular complexity index is 1300. The molecule has 0 saturated heterocycles. The maximum Gasteiger partial charge on any atom is 0.251 e. The van der Waals surface area contributed by atoms with E-state index in [1.54, 1.807) is 42.6 Å². The zero-order valence-electron chi connectivity index (χ0n) is 18.7. The van der Waals surface area contributed by atoms with E-state index in [0.29, 0.717) is 34.2 Å². The van der Waals surface area contributed by atoms with Crippen LogP contribution in [-0.2, 0) is 0 Å². The molecule has 7 nitrogen and oxygen atoms in total. The molecule has 2 heterocycles. The van der Waals surface area contributed by atoms with E-state index in [-0.39, 0.29) is 10.6 Å².